The van der Waals surface area contributed by atoms with E-state index in [2.05, 4.69) is 34.2 Å². The van der Waals surface area contributed by atoms with Crippen LogP contribution in [0.3, 0.4) is 0 Å². The van der Waals surface area contributed by atoms with Crippen LogP contribution in [0.4, 0.5) is 0 Å². The van der Waals surface area contributed by atoms with E-state index >= 15 is 0 Å². The van der Waals surface area contributed by atoms with Crippen molar-refractivity contribution in [2.45, 2.75) is 65.3 Å². The number of nitrogens with zero attached hydrogens (tertiary/aromatic N) is 1. The molecule has 0 aromatic carbocycles. The van der Waals surface area contributed by atoms with Gasteiger partial charge >= 0.3 is 0 Å². The minimum atomic E-state index is -3.10. The lowest BCUT2D eigenvalue weighted by Crippen LogP contribution is -2.42. The van der Waals surface area contributed by atoms with Crippen LogP contribution in [0.1, 0.15) is 59.3 Å². The summed E-state index contributed by atoms with van der Waals surface area (Å²) in [6, 6.07) is 0.392. The third-order valence-corrected chi connectivity index (χ3v) is 3.92. The fourth-order valence-corrected chi connectivity index (χ4v) is 2.55. The molecule has 8 heteroatoms. The van der Waals surface area contributed by atoms with Gasteiger partial charge in [-0.05, 0) is 26.7 Å². The monoisotopic (exact) mass is 462 g/mol. The van der Waals surface area contributed by atoms with Crippen LogP contribution in [-0.2, 0) is 10.0 Å². The highest BCUT2D eigenvalue weighted by Gasteiger charge is 2.05. The first-order valence-electron chi connectivity index (χ1n) is 8.38. The number of sulfonamides is 1. The number of unbranched alkanes of at least 4 members (excludes halogenated alkanes) is 3. The van der Waals surface area contributed by atoms with Crippen molar-refractivity contribution < 1.29 is 8.42 Å². The molecule has 0 amide bonds. The van der Waals surface area contributed by atoms with E-state index in [4.69, 9.17) is 0 Å². The van der Waals surface area contributed by atoms with E-state index in [9.17, 15) is 8.42 Å². The Morgan fingerprint density at radius 3 is 2.39 bits per heavy atom. The van der Waals surface area contributed by atoms with Crippen LogP contribution in [0.25, 0.3) is 0 Å². The molecular formula is C15H35IN4O2S. The Morgan fingerprint density at radius 2 is 1.83 bits per heavy atom. The third kappa shape index (κ3) is 18.1. The second-order valence-electron chi connectivity index (χ2n) is 5.68. The highest BCUT2D eigenvalue weighted by molar-refractivity contribution is 14.0. The number of rotatable bonds is 12. The van der Waals surface area contributed by atoms with Crippen molar-refractivity contribution in [3.8, 4) is 0 Å². The first-order chi connectivity index (χ1) is 10.4. The maximum Gasteiger partial charge on any atom is 0.208 e. The number of guanidine groups is 1. The Kier molecular flexibility index (Phi) is 16.9. The minimum Gasteiger partial charge on any atom is -0.357 e. The molecule has 0 bridgehead atoms. The SMILES string of the molecule is CCCCCCC(C)NC(=NCCCNS(C)(=O)=O)NCC.I. The molecule has 0 aliphatic carbocycles. The van der Waals surface area contributed by atoms with E-state index in [0.29, 0.717) is 25.6 Å². The molecule has 0 radical (unpaired) electrons. The zero-order chi connectivity index (χ0) is 16.8. The molecule has 140 valence electrons. The second-order valence-corrected chi connectivity index (χ2v) is 7.51. The highest BCUT2D eigenvalue weighted by Crippen LogP contribution is 2.05. The van der Waals surface area contributed by atoms with Gasteiger partial charge in [-0.1, -0.05) is 32.6 Å². The van der Waals surface area contributed by atoms with E-state index in [1.807, 2.05) is 6.92 Å². The average Bonchev–Trinajstić information content (AvgIpc) is 2.42. The van der Waals surface area contributed by atoms with Gasteiger partial charge in [0.2, 0.25) is 10.0 Å². The quantitative estimate of drug-likeness (QED) is 0.180. The normalized spacial score (nSPS) is 13.3. The number of hydrogen-bond donors (Lipinski definition) is 3. The minimum absolute atomic E-state index is 0. The standard InChI is InChI=1S/C15H34N4O2S.HI/c1-5-7-8-9-11-14(3)19-15(16-6-2)17-12-10-13-18-22(4,20)21;/h14,18H,5-13H2,1-4H3,(H2,16,17,19);1H. The van der Waals surface area contributed by atoms with Crippen LogP contribution in [0.5, 0.6) is 0 Å². The second kappa shape index (κ2) is 15.4. The number of nitrogens with one attached hydrogen (secondary N) is 3. The van der Waals surface area contributed by atoms with Crippen molar-refractivity contribution >= 4 is 40.0 Å². The summed E-state index contributed by atoms with van der Waals surface area (Å²) in [6.07, 6.45) is 8.07. The van der Waals surface area contributed by atoms with Crippen molar-refractivity contribution in [1.82, 2.24) is 15.4 Å². The van der Waals surface area contributed by atoms with Crippen LogP contribution in [0, 0.1) is 0 Å². The summed E-state index contributed by atoms with van der Waals surface area (Å²) in [6.45, 7) is 8.26. The molecule has 0 fully saturated rings. The van der Waals surface area contributed by atoms with Gasteiger partial charge in [0.15, 0.2) is 5.96 Å². The topological polar surface area (TPSA) is 82.6 Å². The van der Waals surface area contributed by atoms with E-state index in [-0.39, 0.29) is 24.0 Å². The Labute approximate surface area is 159 Å². The summed E-state index contributed by atoms with van der Waals surface area (Å²) in [7, 11) is -3.10. The molecule has 0 spiro atoms. The van der Waals surface area contributed by atoms with Gasteiger partial charge < -0.3 is 10.6 Å². The van der Waals surface area contributed by atoms with E-state index in [1.165, 1.54) is 31.9 Å². The number of hydrogen-bond acceptors (Lipinski definition) is 3. The summed E-state index contributed by atoms with van der Waals surface area (Å²) < 4.78 is 24.4. The summed E-state index contributed by atoms with van der Waals surface area (Å²) in [5.74, 6) is 0.810. The smallest absolute Gasteiger partial charge is 0.208 e. The van der Waals surface area contributed by atoms with Crippen molar-refractivity contribution in [3.05, 3.63) is 0 Å². The molecule has 0 aliphatic rings. The average molecular weight is 462 g/mol. The lowest BCUT2D eigenvalue weighted by atomic mass is 10.1. The van der Waals surface area contributed by atoms with E-state index < -0.39 is 10.0 Å². The van der Waals surface area contributed by atoms with Gasteiger partial charge in [0.1, 0.15) is 0 Å². The molecule has 0 saturated heterocycles. The largest absolute Gasteiger partial charge is 0.357 e. The van der Waals surface area contributed by atoms with E-state index in [0.717, 1.165) is 18.9 Å². The Hall–Kier alpha value is -0.0900. The van der Waals surface area contributed by atoms with Crippen molar-refractivity contribution in [1.29, 1.82) is 0 Å². The molecule has 23 heavy (non-hydrogen) atoms. The van der Waals surface area contributed by atoms with Gasteiger partial charge in [0.05, 0.1) is 6.26 Å². The number of halogens is 1. The molecule has 0 aromatic heterocycles. The van der Waals surface area contributed by atoms with Gasteiger partial charge in [0.25, 0.3) is 0 Å². The molecular weight excluding hydrogens is 427 g/mol. The highest BCUT2D eigenvalue weighted by atomic mass is 127. The van der Waals surface area contributed by atoms with Crippen molar-refractivity contribution in [3.63, 3.8) is 0 Å². The van der Waals surface area contributed by atoms with Gasteiger partial charge in [-0.3, -0.25) is 4.99 Å². The van der Waals surface area contributed by atoms with E-state index in [1.54, 1.807) is 0 Å². The summed E-state index contributed by atoms with van der Waals surface area (Å²) in [5.41, 5.74) is 0. The maximum atomic E-state index is 11.0. The predicted octanol–water partition coefficient (Wildman–Crippen LogP) is 2.46. The van der Waals surface area contributed by atoms with Gasteiger partial charge in [-0.2, -0.15) is 0 Å². The zero-order valence-electron chi connectivity index (χ0n) is 15.0. The molecule has 3 N–H and O–H groups in total. The van der Waals surface area contributed by atoms with Crippen LogP contribution in [-0.4, -0.2) is 46.3 Å². The van der Waals surface area contributed by atoms with Crippen LogP contribution >= 0.6 is 24.0 Å². The summed E-state index contributed by atoms with van der Waals surface area (Å²) in [4.78, 5) is 4.48. The van der Waals surface area contributed by atoms with Gasteiger partial charge in [0, 0.05) is 25.7 Å². The predicted molar refractivity (Wildman–Crippen MR) is 110 cm³/mol. The van der Waals surface area contributed by atoms with Crippen LogP contribution < -0.4 is 15.4 Å². The van der Waals surface area contributed by atoms with Crippen molar-refractivity contribution in [2.24, 2.45) is 4.99 Å². The summed E-state index contributed by atoms with van der Waals surface area (Å²) >= 11 is 0. The Balaban J connectivity index is 0. The van der Waals surface area contributed by atoms with Crippen molar-refractivity contribution in [2.75, 3.05) is 25.9 Å². The van der Waals surface area contributed by atoms with Crippen LogP contribution in [0.2, 0.25) is 0 Å². The Bertz CT molecular complexity index is 402. The van der Waals surface area contributed by atoms with Crippen LogP contribution in [0.15, 0.2) is 4.99 Å². The Morgan fingerprint density at radius 1 is 1.13 bits per heavy atom. The molecule has 1 atom stereocenters. The fraction of sp³-hybridized carbons (Fsp3) is 0.933. The lowest BCUT2D eigenvalue weighted by molar-refractivity contribution is 0.537. The fourth-order valence-electron chi connectivity index (χ4n) is 2.03. The lowest BCUT2D eigenvalue weighted by Gasteiger charge is -2.17. The van der Waals surface area contributed by atoms with Gasteiger partial charge in [-0.25, -0.2) is 13.1 Å². The molecule has 0 saturated carbocycles. The molecule has 0 heterocycles. The maximum absolute atomic E-state index is 11.0. The molecule has 0 aliphatic heterocycles. The molecule has 0 aromatic rings. The summed E-state index contributed by atoms with van der Waals surface area (Å²) in [5, 5.41) is 6.62. The van der Waals surface area contributed by atoms with Gasteiger partial charge in [-0.15, -0.1) is 24.0 Å². The number of aliphatic imine (C=N–C) groups is 1. The molecule has 0 rings (SSSR count). The third-order valence-electron chi connectivity index (χ3n) is 3.19. The first kappa shape index (κ1) is 25.2. The first-order valence-corrected chi connectivity index (χ1v) is 10.3. The molecule has 1 unspecified atom stereocenters. The molecule has 6 nitrogen and oxygen atoms in total. The zero-order valence-corrected chi connectivity index (χ0v) is 18.2.